The quantitative estimate of drug-likeness (QED) is 0.693. The van der Waals surface area contributed by atoms with E-state index in [0.717, 1.165) is 19.2 Å². The third kappa shape index (κ3) is 5.54. The molecule has 0 radical (unpaired) electrons. The number of carbonyl (C=O) groups excluding carboxylic acids is 3. The first-order valence-electron chi connectivity index (χ1n) is 8.48. The van der Waals surface area contributed by atoms with Gasteiger partial charge in [-0.2, -0.15) is 0 Å². The lowest BCUT2D eigenvalue weighted by Gasteiger charge is -2.21. The van der Waals surface area contributed by atoms with E-state index in [1.807, 2.05) is 0 Å². The van der Waals surface area contributed by atoms with Gasteiger partial charge in [0.15, 0.2) is 0 Å². The highest BCUT2D eigenvalue weighted by atomic mass is 32.2. The van der Waals surface area contributed by atoms with E-state index in [9.17, 15) is 28.3 Å². The summed E-state index contributed by atoms with van der Waals surface area (Å²) >= 11 is 0.703. The zero-order valence-electron chi connectivity index (χ0n) is 15.9. The van der Waals surface area contributed by atoms with Crippen molar-refractivity contribution in [2.24, 2.45) is 0 Å². The Balaban J connectivity index is 2.30. The molecule has 2 rings (SSSR count). The van der Waals surface area contributed by atoms with Gasteiger partial charge in [0.25, 0.3) is 0 Å². The highest BCUT2D eigenvalue weighted by Crippen LogP contribution is 2.32. The first-order chi connectivity index (χ1) is 13.6. The van der Waals surface area contributed by atoms with Crippen molar-refractivity contribution in [2.75, 3.05) is 7.11 Å². The zero-order chi connectivity index (χ0) is 21.7. The molecule has 2 aromatic carbocycles. The van der Waals surface area contributed by atoms with E-state index in [2.05, 4.69) is 10.1 Å². The van der Waals surface area contributed by atoms with Gasteiger partial charge in [0, 0.05) is 23.8 Å². The van der Waals surface area contributed by atoms with Crippen molar-refractivity contribution in [3.63, 3.8) is 0 Å². The fourth-order valence-electron chi connectivity index (χ4n) is 2.60. The number of aromatic hydroxyl groups is 1. The molecule has 2 aromatic rings. The Labute approximate surface area is 170 Å². The van der Waals surface area contributed by atoms with Crippen LogP contribution >= 0.6 is 11.8 Å². The summed E-state index contributed by atoms with van der Waals surface area (Å²) in [5.74, 6) is -3.09. The zero-order valence-corrected chi connectivity index (χ0v) is 16.7. The minimum atomic E-state index is -1.08. The molecule has 0 bridgehead atoms. The summed E-state index contributed by atoms with van der Waals surface area (Å²) in [6.45, 7) is 2.77. The first kappa shape index (κ1) is 22.4. The van der Waals surface area contributed by atoms with Crippen LogP contribution in [0.25, 0.3) is 11.1 Å². The fourth-order valence-corrected chi connectivity index (χ4v) is 3.55. The average Bonchev–Trinajstić information content (AvgIpc) is 2.65. The monoisotopic (exact) mass is 423 g/mol. The lowest BCUT2D eigenvalue weighted by atomic mass is 10.0. The maximum atomic E-state index is 14.1. The van der Waals surface area contributed by atoms with E-state index in [1.54, 1.807) is 6.92 Å². The summed E-state index contributed by atoms with van der Waals surface area (Å²) in [7, 11) is 1.16. The maximum absolute atomic E-state index is 14.1. The van der Waals surface area contributed by atoms with Crippen molar-refractivity contribution in [3.05, 3.63) is 53.6 Å². The van der Waals surface area contributed by atoms with Crippen LogP contribution in [0, 0.1) is 11.6 Å². The molecule has 2 unspecified atom stereocenters. The van der Waals surface area contributed by atoms with Crippen molar-refractivity contribution in [1.82, 2.24) is 5.32 Å². The van der Waals surface area contributed by atoms with E-state index >= 15 is 0 Å². The predicted molar refractivity (Wildman–Crippen MR) is 104 cm³/mol. The van der Waals surface area contributed by atoms with Gasteiger partial charge in [-0.05, 0) is 29.8 Å². The Morgan fingerprint density at radius 1 is 1.14 bits per heavy atom. The van der Waals surface area contributed by atoms with Gasteiger partial charge in [-0.15, -0.1) is 0 Å². The van der Waals surface area contributed by atoms with Crippen LogP contribution < -0.4 is 5.32 Å². The number of thioether (sulfide) groups is 1. The molecule has 0 aliphatic heterocycles. The molecule has 0 spiro atoms. The third-order valence-corrected chi connectivity index (χ3v) is 5.11. The molecule has 0 saturated carbocycles. The normalized spacial score (nSPS) is 12.7. The number of methoxy groups -OCH3 is 1. The van der Waals surface area contributed by atoms with Gasteiger partial charge in [0.1, 0.15) is 23.4 Å². The van der Waals surface area contributed by atoms with Crippen LogP contribution in [0.15, 0.2) is 36.4 Å². The van der Waals surface area contributed by atoms with Crippen molar-refractivity contribution in [3.8, 4) is 16.9 Å². The maximum Gasteiger partial charge on any atom is 0.329 e. The molecule has 9 heteroatoms. The molecule has 0 fully saturated rings. The number of rotatable bonds is 6. The number of ether oxygens (including phenoxy) is 1. The highest BCUT2D eigenvalue weighted by molar-refractivity contribution is 8.14. The van der Waals surface area contributed by atoms with Gasteiger partial charge in [-0.25, -0.2) is 13.6 Å². The molecular formula is C20H19F2NO5S. The minimum Gasteiger partial charge on any atom is -0.507 e. The molecule has 0 saturated heterocycles. The number of hydrogen-bond donors (Lipinski definition) is 2. The molecular weight excluding hydrogens is 404 g/mol. The fraction of sp³-hybridized carbons (Fsp3) is 0.250. The standard InChI is InChI=1S/C20H19F2NO5S/c1-10(18(19(26)28-3)23-11(2)24)29-20(27)15-8-12(4-7-17(15)25)14-6-5-13(21)9-16(14)22/h4-10,18,25H,1-3H3,(H,23,24). The molecule has 0 aliphatic carbocycles. The van der Waals surface area contributed by atoms with E-state index < -0.39 is 39.9 Å². The average molecular weight is 423 g/mol. The Hall–Kier alpha value is -2.94. The largest absolute Gasteiger partial charge is 0.507 e. The number of benzene rings is 2. The van der Waals surface area contributed by atoms with Gasteiger partial charge in [-0.1, -0.05) is 24.8 Å². The number of hydrogen-bond acceptors (Lipinski definition) is 6. The van der Waals surface area contributed by atoms with Crippen molar-refractivity contribution in [1.29, 1.82) is 0 Å². The second-order valence-electron chi connectivity index (χ2n) is 6.17. The highest BCUT2D eigenvalue weighted by Gasteiger charge is 2.30. The second-order valence-corrected chi connectivity index (χ2v) is 7.52. The number of nitrogens with one attached hydrogen (secondary N) is 1. The summed E-state index contributed by atoms with van der Waals surface area (Å²) in [6, 6.07) is 5.84. The molecule has 1 amide bonds. The molecule has 0 aliphatic rings. The van der Waals surface area contributed by atoms with Gasteiger partial charge in [-0.3, -0.25) is 9.59 Å². The van der Waals surface area contributed by atoms with E-state index in [4.69, 9.17) is 0 Å². The van der Waals surface area contributed by atoms with Gasteiger partial charge in [0.05, 0.1) is 12.7 Å². The van der Waals surface area contributed by atoms with Crippen LogP contribution in [-0.2, 0) is 14.3 Å². The second kappa shape index (κ2) is 9.51. The number of halogens is 2. The summed E-state index contributed by atoms with van der Waals surface area (Å²) < 4.78 is 31.8. The lowest BCUT2D eigenvalue weighted by Crippen LogP contribution is -2.46. The van der Waals surface area contributed by atoms with Crippen molar-refractivity contribution >= 4 is 28.8 Å². The molecule has 29 heavy (non-hydrogen) atoms. The Bertz CT molecular complexity index is 950. The van der Waals surface area contributed by atoms with Crippen LogP contribution in [0.2, 0.25) is 0 Å². The minimum absolute atomic E-state index is 0.0594. The van der Waals surface area contributed by atoms with Crippen LogP contribution in [0.4, 0.5) is 8.78 Å². The van der Waals surface area contributed by atoms with Crippen molar-refractivity contribution in [2.45, 2.75) is 25.1 Å². The molecule has 2 N–H and O–H groups in total. The molecule has 154 valence electrons. The summed E-state index contributed by atoms with van der Waals surface area (Å²) in [5.41, 5.74) is 0.210. The summed E-state index contributed by atoms with van der Waals surface area (Å²) in [4.78, 5) is 35.9. The predicted octanol–water partition coefficient (Wildman–Crippen LogP) is 3.28. The Morgan fingerprint density at radius 3 is 2.41 bits per heavy atom. The topological polar surface area (TPSA) is 92.7 Å². The van der Waals surface area contributed by atoms with E-state index in [0.29, 0.717) is 11.8 Å². The van der Waals surface area contributed by atoms with Crippen LogP contribution in [0.5, 0.6) is 5.75 Å². The van der Waals surface area contributed by atoms with Gasteiger partial charge < -0.3 is 15.2 Å². The smallest absolute Gasteiger partial charge is 0.329 e. The molecule has 6 nitrogen and oxygen atoms in total. The Morgan fingerprint density at radius 2 is 1.83 bits per heavy atom. The SMILES string of the molecule is COC(=O)C(NC(C)=O)C(C)SC(=O)c1cc(-c2ccc(F)cc2F)ccc1O. The lowest BCUT2D eigenvalue weighted by molar-refractivity contribution is -0.144. The van der Waals surface area contributed by atoms with Crippen molar-refractivity contribution < 1.29 is 33.0 Å². The van der Waals surface area contributed by atoms with E-state index in [-0.39, 0.29) is 22.4 Å². The molecule has 0 heterocycles. The number of esters is 1. The van der Waals surface area contributed by atoms with Crippen LogP contribution in [0.1, 0.15) is 24.2 Å². The molecule has 0 aromatic heterocycles. The van der Waals surface area contributed by atoms with E-state index in [1.165, 1.54) is 31.2 Å². The summed E-state index contributed by atoms with van der Waals surface area (Å²) in [6.07, 6.45) is 0. The van der Waals surface area contributed by atoms with Gasteiger partial charge in [0.2, 0.25) is 11.0 Å². The Kier molecular flexibility index (Phi) is 7.33. The van der Waals surface area contributed by atoms with Crippen LogP contribution in [0.3, 0.4) is 0 Å². The third-order valence-electron chi connectivity index (χ3n) is 4.03. The van der Waals surface area contributed by atoms with Crippen LogP contribution in [-0.4, -0.2) is 40.5 Å². The number of phenolic OH excluding ortho intramolecular Hbond substituents is 1. The molecule has 2 atom stereocenters. The number of amides is 1. The van der Waals surface area contributed by atoms with Gasteiger partial charge >= 0.3 is 5.97 Å². The summed E-state index contributed by atoms with van der Waals surface area (Å²) in [5, 5.41) is 11.2. The number of carbonyl (C=O) groups is 3. The first-order valence-corrected chi connectivity index (χ1v) is 9.36. The number of phenols is 1.